The molecule has 0 radical (unpaired) electrons. The van der Waals surface area contributed by atoms with Gasteiger partial charge in [0.15, 0.2) is 11.2 Å². The van der Waals surface area contributed by atoms with Crippen LogP contribution in [0.1, 0.15) is 35.7 Å². The molecule has 1 aromatic carbocycles. The average molecular weight is 262 g/mol. The van der Waals surface area contributed by atoms with Crippen LogP contribution in [0.4, 0.5) is 0 Å². The van der Waals surface area contributed by atoms with Crippen LogP contribution in [0, 0.1) is 5.41 Å². The molecule has 1 heterocycles. The number of ether oxygens (including phenoxy) is 2. The van der Waals surface area contributed by atoms with E-state index >= 15 is 0 Å². The van der Waals surface area contributed by atoms with Gasteiger partial charge >= 0.3 is 5.97 Å². The quantitative estimate of drug-likeness (QED) is 0.474. The summed E-state index contributed by atoms with van der Waals surface area (Å²) in [6.07, 6.45) is 0. The lowest BCUT2D eigenvalue weighted by molar-refractivity contribution is -0.172. The van der Waals surface area contributed by atoms with Crippen molar-refractivity contribution in [3.8, 4) is 0 Å². The zero-order valence-electron chi connectivity index (χ0n) is 11.4. The fraction of sp³-hybridized carbons (Fsp3) is 0.467. The summed E-state index contributed by atoms with van der Waals surface area (Å²) in [5.41, 5.74) is 0.542. The Morgan fingerprint density at radius 2 is 1.79 bits per heavy atom. The second kappa shape index (κ2) is 5.13. The van der Waals surface area contributed by atoms with Crippen LogP contribution in [0.25, 0.3) is 0 Å². The maximum atomic E-state index is 12.4. The summed E-state index contributed by atoms with van der Waals surface area (Å²) in [6.45, 7) is 4.38. The molecule has 1 aromatic rings. The Labute approximate surface area is 112 Å². The summed E-state index contributed by atoms with van der Waals surface area (Å²) in [7, 11) is 1.29. The van der Waals surface area contributed by atoms with Gasteiger partial charge < -0.3 is 9.47 Å². The molecule has 0 aromatic heterocycles. The Morgan fingerprint density at radius 1 is 1.21 bits per heavy atom. The van der Waals surface area contributed by atoms with Crippen molar-refractivity contribution in [3.05, 3.63) is 35.4 Å². The predicted octanol–water partition coefficient (Wildman–Crippen LogP) is 2.18. The first kappa shape index (κ1) is 13.7. The summed E-state index contributed by atoms with van der Waals surface area (Å²) in [4.78, 5) is 24.2. The number of rotatable bonds is 4. The van der Waals surface area contributed by atoms with Crippen molar-refractivity contribution in [2.75, 3.05) is 20.3 Å². The van der Waals surface area contributed by atoms with Crippen molar-refractivity contribution >= 4 is 11.8 Å². The number of Topliss-reactive ketones (excluding diaryl/α,β-unsaturated/α-hetero) is 1. The van der Waals surface area contributed by atoms with Gasteiger partial charge in [-0.1, -0.05) is 38.1 Å². The third-order valence-electron chi connectivity index (χ3n) is 3.55. The predicted molar refractivity (Wildman–Crippen MR) is 70.1 cm³/mol. The minimum Gasteiger partial charge on any atom is -0.468 e. The highest BCUT2D eigenvalue weighted by Crippen LogP contribution is 2.33. The van der Waals surface area contributed by atoms with E-state index in [1.165, 1.54) is 7.11 Å². The number of carbonyl (C=O) groups is 2. The Hall–Kier alpha value is -1.68. The molecule has 0 unspecified atom stereocenters. The first-order valence-corrected chi connectivity index (χ1v) is 6.32. The molecule has 19 heavy (non-hydrogen) atoms. The normalized spacial score (nSPS) is 16.8. The van der Waals surface area contributed by atoms with Crippen LogP contribution < -0.4 is 0 Å². The molecule has 0 amide bonds. The summed E-state index contributed by atoms with van der Waals surface area (Å²) in [6, 6.07) is 7.37. The van der Waals surface area contributed by atoms with E-state index in [1.54, 1.807) is 12.1 Å². The lowest BCUT2D eigenvalue weighted by Gasteiger charge is -2.36. The third kappa shape index (κ3) is 2.28. The van der Waals surface area contributed by atoms with E-state index < -0.39 is 11.4 Å². The highest BCUT2D eigenvalue weighted by atomic mass is 16.5. The molecule has 0 N–H and O–H groups in total. The maximum Gasteiger partial charge on any atom is 0.324 e. The van der Waals surface area contributed by atoms with Gasteiger partial charge in [0.1, 0.15) is 0 Å². The minimum atomic E-state index is -1.14. The molecule has 0 spiro atoms. The maximum absolute atomic E-state index is 12.4. The Balaban J connectivity index is 2.26. The topological polar surface area (TPSA) is 52.6 Å². The summed E-state index contributed by atoms with van der Waals surface area (Å²) >= 11 is 0. The van der Waals surface area contributed by atoms with Gasteiger partial charge in [0, 0.05) is 5.56 Å². The van der Waals surface area contributed by atoms with Crippen LogP contribution in [-0.2, 0) is 14.3 Å². The standard InChI is InChI=1S/C15H18O4/c1-10(2)11-4-6-12(7-5-11)13(16)15(8-19-9-15)14(17)18-3/h4-7,10H,8-9H2,1-3H3. The third-order valence-corrected chi connectivity index (χ3v) is 3.55. The van der Waals surface area contributed by atoms with Gasteiger partial charge in [0.2, 0.25) is 0 Å². The number of esters is 1. The largest absolute Gasteiger partial charge is 0.468 e. The van der Waals surface area contributed by atoms with Crippen LogP contribution in [0.5, 0.6) is 0 Å². The van der Waals surface area contributed by atoms with E-state index in [9.17, 15) is 9.59 Å². The SMILES string of the molecule is COC(=O)C1(C(=O)c2ccc(C(C)C)cc2)COC1. The Morgan fingerprint density at radius 3 is 2.16 bits per heavy atom. The van der Waals surface area contributed by atoms with Crippen LogP contribution in [0.3, 0.4) is 0 Å². The number of methoxy groups -OCH3 is 1. The lowest BCUT2D eigenvalue weighted by Crippen LogP contribution is -2.55. The van der Waals surface area contributed by atoms with Crippen LogP contribution in [0.2, 0.25) is 0 Å². The number of ketones is 1. The zero-order valence-corrected chi connectivity index (χ0v) is 11.4. The summed E-state index contributed by atoms with van der Waals surface area (Å²) in [5.74, 6) is -0.330. The molecule has 0 saturated carbocycles. The molecule has 1 aliphatic rings. The van der Waals surface area contributed by atoms with E-state index in [0.717, 1.165) is 5.56 Å². The van der Waals surface area contributed by atoms with Crippen molar-refractivity contribution in [2.24, 2.45) is 5.41 Å². The van der Waals surface area contributed by atoms with E-state index in [4.69, 9.17) is 9.47 Å². The fourth-order valence-electron chi connectivity index (χ4n) is 2.14. The van der Waals surface area contributed by atoms with Gasteiger partial charge in [-0.25, -0.2) is 0 Å². The highest BCUT2D eigenvalue weighted by Gasteiger charge is 2.53. The number of hydrogen-bond donors (Lipinski definition) is 0. The number of hydrogen-bond acceptors (Lipinski definition) is 4. The van der Waals surface area contributed by atoms with Crippen LogP contribution >= 0.6 is 0 Å². The van der Waals surface area contributed by atoms with Crippen molar-refractivity contribution in [3.63, 3.8) is 0 Å². The van der Waals surface area contributed by atoms with E-state index in [1.807, 2.05) is 12.1 Å². The van der Waals surface area contributed by atoms with Gasteiger partial charge in [-0.15, -0.1) is 0 Å². The monoisotopic (exact) mass is 262 g/mol. The molecular formula is C15H18O4. The van der Waals surface area contributed by atoms with E-state index in [2.05, 4.69) is 13.8 Å². The number of carbonyl (C=O) groups excluding carboxylic acids is 2. The van der Waals surface area contributed by atoms with E-state index in [0.29, 0.717) is 11.5 Å². The summed E-state index contributed by atoms with van der Waals surface area (Å²) < 4.78 is 9.77. The lowest BCUT2D eigenvalue weighted by atomic mass is 9.78. The smallest absolute Gasteiger partial charge is 0.324 e. The first-order chi connectivity index (χ1) is 9.01. The van der Waals surface area contributed by atoms with Gasteiger partial charge in [0.25, 0.3) is 0 Å². The van der Waals surface area contributed by atoms with Gasteiger partial charge in [0.05, 0.1) is 20.3 Å². The molecule has 2 rings (SSSR count). The molecule has 0 bridgehead atoms. The fourth-order valence-corrected chi connectivity index (χ4v) is 2.14. The molecule has 102 valence electrons. The van der Waals surface area contributed by atoms with Crippen LogP contribution in [-0.4, -0.2) is 32.1 Å². The van der Waals surface area contributed by atoms with Crippen molar-refractivity contribution in [2.45, 2.75) is 19.8 Å². The Kier molecular flexibility index (Phi) is 3.71. The first-order valence-electron chi connectivity index (χ1n) is 6.32. The average Bonchev–Trinajstić information content (AvgIpc) is 2.37. The van der Waals surface area contributed by atoms with Gasteiger partial charge in [-0.05, 0) is 11.5 Å². The molecular weight excluding hydrogens is 244 g/mol. The minimum absolute atomic E-state index is 0.102. The highest BCUT2D eigenvalue weighted by molar-refractivity contribution is 6.13. The van der Waals surface area contributed by atoms with Crippen molar-refractivity contribution in [1.29, 1.82) is 0 Å². The molecule has 1 saturated heterocycles. The molecule has 4 heteroatoms. The number of benzene rings is 1. The van der Waals surface area contributed by atoms with Gasteiger partial charge in [-0.2, -0.15) is 0 Å². The van der Waals surface area contributed by atoms with E-state index in [-0.39, 0.29) is 19.0 Å². The molecule has 1 aliphatic heterocycles. The van der Waals surface area contributed by atoms with Crippen LogP contribution in [0.15, 0.2) is 24.3 Å². The molecule has 0 aliphatic carbocycles. The zero-order chi connectivity index (χ0) is 14.0. The molecule has 1 fully saturated rings. The van der Waals surface area contributed by atoms with Gasteiger partial charge in [-0.3, -0.25) is 9.59 Å². The Bertz CT molecular complexity index is 483. The van der Waals surface area contributed by atoms with Crippen molar-refractivity contribution < 1.29 is 19.1 Å². The van der Waals surface area contributed by atoms with Crippen molar-refractivity contribution in [1.82, 2.24) is 0 Å². The second-order valence-corrected chi connectivity index (χ2v) is 5.17. The second-order valence-electron chi connectivity index (χ2n) is 5.17. The summed E-state index contributed by atoms with van der Waals surface area (Å²) in [5, 5.41) is 0. The molecule has 4 nitrogen and oxygen atoms in total. The molecule has 0 atom stereocenters.